The van der Waals surface area contributed by atoms with Crippen LogP contribution in [0.4, 0.5) is 0 Å². The molecule has 1 amide bonds. The van der Waals surface area contributed by atoms with Crippen LogP contribution in [0.1, 0.15) is 46.0 Å². The van der Waals surface area contributed by atoms with Crippen molar-refractivity contribution in [3.63, 3.8) is 0 Å². The third-order valence-corrected chi connectivity index (χ3v) is 3.31. The summed E-state index contributed by atoms with van der Waals surface area (Å²) < 4.78 is 5.48. The molecule has 2 atom stereocenters. The van der Waals surface area contributed by atoms with Crippen molar-refractivity contribution in [3.8, 4) is 0 Å². The monoisotopic (exact) mass is 243 g/mol. The molecule has 100 valence electrons. The van der Waals surface area contributed by atoms with Gasteiger partial charge in [0.25, 0.3) is 0 Å². The first-order chi connectivity index (χ1) is 8.13. The maximum atomic E-state index is 11.7. The highest BCUT2D eigenvalue weighted by molar-refractivity contribution is 5.76. The first kappa shape index (κ1) is 14.5. The van der Waals surface area contributed by atoms with Gasteiger partial charge < -0.3 is 15.2 Å². The Balaban J connectivity index is 2.21. The lowest BCUT2D eigenvalue weighted by Crippen LogP contribution is -2.39. The van der Waals surface area contributed by atoms with Crippen LogP contribution >= 0.6 is 0 Å². The highest BCUT2D eigenvalue weighted by atomic mass is 16.5. The number of aliphatic hydroxyl groups is 1. The topological polar surface area (TPSA) is 58.6 Å². The summed E-state index contributed by atoms with van der Waals surface area (Å²) in [5.74, 6) is 0.432. The second-order valence-corrected chi connectivity index (χ2v) is 5.10. The molecular formula is C13H25NO3. The Hall–Kier alpha value is -0.610. The summed E-state index contributed by atoms with van der Waals surface area (Å²) >= 11 is 0. The van der Waals surface area contributed by atoms with Gasteiger partial charge in [-0.05, 0) is 31.6 Å². The number of carbonyl (C=O) groups excluding carboxylic acids is 1. The van der Waals surface area contributed by atoms with Gasteiger partial charge in [0, 0.05) is 25.7 Å². The molecule has 0 radical (unpaired) electrons. The van der Waals surface area contributed by atoms with Crippen molar-refractivity contribution in [1.29, 1.82) is 0 Å². The minimum Gasteiger partial charge on any atom is -0.396 e. The molecule has 0 aliphatic carbocycles. The van der Waals surface area contributed by atoms with E-state index in [1.807, 2.05) is 0 Å². The molecule has 0 aromatic heterocycles. The maximum Gasteiger partial charge on any atom is 0.220 e. The second kappa shape index (κ2) is 7.67. The van der Waals surface area contributed by atoms with Crippen LogP contribution in [0.5, 0.6) is 0 Å². The normalized spacial score (nSPS) is 21.8. The maximum absolute atomic E-state index is 11.7. The lowest BCUT2D eigenvalue weighted by atomic mass is 10.0. The predicted octanol–water partition coefficient (Wildman–Crippen LogP) is 1.47. The smallest absolute Gasteiger partial charge is 0.220 e. The van der Waals surface area contributed by atoms with Gasteiger partial charge in [0.15, 0.2) is 0 Å². The van der Waals surface area contributed by atoms with Crippen LogP contribution < -0.4 is 5.32 Å². The predicted molar refractivity (Wildman–Crippen MR) is 66.7 cm³/mol. The van der Waals surface area contributed by atoms with Gasteiger partial charge in [-0.15, -0.1) is 0 Å². The fraction of sp³-hybridized carbons (Fsp3) is 0.923. The molecule has 1 aliphatic rings. The van der Waals surface area contributed by atoms with E-state index >= 15 is 0 Å². The summed E-state index contributed by atoms with van der Waals surface area (Å²) in [6, 6.07) is 0.0806. The van der Waals surface area contributed by atoms with E-state index < -0.39 is 0 Å². The molecule has 1 saturated heterocycles. The van der Waals surface area contributed by atoms with Gasteiger partial charge in [0.1, 0.15) is 0 Å². The SMILES string of the molecule is CC(C)C(CCO)NC(=O)CCC1CCCO1. The lowest BCUT2D eigenvalue weighted by Gasteiger charge is -2.21. The van der Waals surface area contributed by atoms with Gasteiger partial charge >= 0.3 is 0 Å². The molecule has 1 heterocycles. The molecule has 17 heavy (non-hydrogen) atoms. The minimum absolute atomic E-state index is 0.0765. The number of aliphatic hydroxyl groups excluding tert-OH is 1. The van der Waals surface area contributed by atoms with Gasteiger partial charge in [-0.1, -0.05) is 13.8 Å². The average molecular weight is 243 g/mol. The molecule has 0 aromatic rings. The molecule has 1 rings (SSSR count). The number of hydrogen-bond acceptors (Lipinski definition) is 3. The van der Waals surface area contributed by atoms with Crippen molar-refractivity contribution in [2.75, 3.05) is 13.2 Å². The highest BCUT2D eigenvalue weighted by Crippen LogP contribution is 2.16. The van der Waals surface area contributed by atoms with Crippen molar-refractivity contribution < 1.29 is 14.6 Å². The summed E-state index contributed by atoms with van der Waals surface area (Å²) in [6.45, 7) is 5.07. The van der Waals surface area contributed by atoms with Crippen molar-refractivity contribution in [3.05, 3.63) is 0 Å². The molecule has 2 unspecified atom stereocenters. The van der Waals surface area contributed by atoms with E-state index in [4.69, 9.17) is 9.84 Å². The Kier molecular flexibility index (Phi) is 6.52. The van der Waals surface area contributed by atoms with E-state index in [1.54, 1.807) is 0 Å². The zero-order valence-corrected chi connectivity index (χ0v) is 10.9. The molecule has 4 heteroatoms. The first-order valence-electron chi connectivity index (χ1n) is 6.65. The number of amides is 1. The molecule has 0 bridgehead atoms. The number of rotatable bonds is 7. The van der Waals surface area contributed by atoms with E-state index in [0.29, 0.717) is 18.8 Å². The van der Waals surface area contributed by atoms with Crippen LogP contribution in [-0.2, 0) is 9.53 Å². The second-order valence-electron chi connectivity index (χ2n) is 5.10. The summed E-state index contributed by atoms with van der Waals surface area (Å²) in [5.41, 5.74) is 0. The van der Waals surface area contributed by atoms with Crippen molar-refractivity contribution in [2.24, 2.45) is 5.92 Å². The largest absolute Gasteiger partial charge is 0.396 e. The Morgan fingerprint density at radius 1 is 1.53 bits per heavy atom. The first-order valence-corrected chi connectivity index (χ1v) is 6.65. The van der Waals surface area contributed by atoms with Crippen molar-refractivity contribution in [1.82, 2.24) is 5.32 Å². The summed E-state index contributed by atoms with van der Waals surface area (Å²) in [7, 11) is 0. The molecule has 0 spiro atoms. The fourth-order valence-corrected chi connectivity index (χ4v) is 2.15. The van der Waals surface area contributed by atoms with Crippen LogP contribution in [0.15, 0.2) is 0 Å². The molecule has 1 fully saturated rings. The van der Waals surface area contributed by atoms with Gasteiger partial charge in [-0.25, -0.2) is 0 Å². The molecule has 1 aliphatic heterocycles. The fourth-order valence-electron chi connectivity index (χ4n) is 2.15. The third kappa shape index (κ3) is 5.50. The van der Waals surface area contributed by atoms with E-state index in [0.717, 1.165) is 25.9 Å². The van der Waals surface area contributed by atoms with E-state index in [-0.39, 0.29) is 24.7 Å². The molecular weight excluding hydrogens is 218 g/mol. The Bertz CT molecular complexity index is 225. The van der Waals surface area contributed by atoms with Gasteiger partial charge in [0.2, 0.25) is 5.91 Å². The Morgan fingerprint density at radius 2 is 2.29 bits per heavy atom. The van der Waals surface area contributed by atoms with E-state index in [1.165, 1.54) is 0 Å². The summed E-state index contributed by atoms with van der Waals surface area (Å²) in [5, 5.41) is 11.9. The number of carbonyl (C=O) groups is 1. The highest BCUT2D eigenvalue weighted by Gasteiger charge is 2.19. The van der Waals surface area contributed by atoms with Gasteiger partial charge in [-0.2, -0.15) is 0 Å². The quantitative estimate of drug-likeness (QED) is 0.712. The third-order valence-electron chi connectivity index (χ3n) is 3.31. The number of ether oxygens (including phenoxy) is 1. The average Bonchev–Trinajstić information content (AvgIpc) is 2.78. The minimum atomic E-state index is 0.0765. The standard InChI is InChI=1S/C13H25NO3/c1-10(2)12(7-8-15)14-13(16)6-5-11-4-3-9-17-11/h10-12,15H,3-9H2,1-2H3,(H,14,16). The zero-order chi connectivity index (χ0) is 12.7. The zero-order valence-electron chi connectivity index (χ0n) is 10.9. The van der Waals surface area contributed by atoms with Crippen LogP contribution in [0.3, 0.4) is 0 Å². The van der Waals surface area contributed by atoms with Gasteiger partial charge in [-0.3, -0.25) is 4.79 Å². The Labute approximate surface area is 104 Å². The van der Waals surface area contributed by atoms with Crippen molar-refractivity contribution >= 4 is 5.91 Å². The molecule has 0 aromatic carbocycles. The lowest BCUT2D eigenvalue weighted by molar-refractivity contribution is -0.122. The molecule has 0 saturated carbocycles. The van der Waals surface area contributed by atoms with Crippen LogP contribution in [0.25, 0.3) is 0 Å². The van der Waals surface area contributed by atoms with Crippen LogP contribution in [0.2, 0.25) is 0 Å². The summed E-state index contributed by atoms with van der Waals surface area (Å²) in [6.07, 6.45) is 4.44. The van der Waals surface area contributed by atoms with Crippen LogP contribution in [0, 0.1) is 5.92 Å². The van der Waals surface area contributed by atoms with E-state index in [2.05, 4.69) is 19.2 Å². The summed E-state index contributed by atoms with van der Waals surface area (Å²) in [4.78, 5) is 11.7. The van der Waals surface area contributed by atoms with Crippen LogP contribution in [-0.4, -0.2) is 36.4 Å². The molecule has 4 nitrogen and oxygen atoms in total. The van der Waals surface area contributed by atoms with Gasteiger partial charge in [0.05, 0.1) is 6.10 Å². The molecule has 2 N–H and O–H groups in total. The Morgan fingerprint density at radius 3 is 2.82 bits per heavy atom. The van der Waals surface area contributed by atoms with E-state index in [9.17, 15) is 4.79 Å². The van der Waals surface area contributed by atoms with Crippen molar-refractivity contribution in [2.45, 2.75) is 58.1 Å². The number of nitrogens with one attached hydrogen (secondary N) is 1. The number of hydrogen-bond donors (Lipinski definition) is 2.